The van der Waals surface area contributed by atoms with Gasteiger partial charge in [-0.25, -0.2) is 8.42 Å². The molecule has 0 radical (unpaired) electrons. The van der Waals surface area contributed by atoms with E-state index in [4.69, 9.17) is 0 Å². The number of hydrogen-bond acceptors (Lipinski definition) is 5. The molecule has 0 aliphatic rings. The van der Waals surface area contributed by atoms with E-state index in [1.54, 1.807) is 24.3 Å². The van der Waals surface area contributed by atoms with Gasteiger partial charge in [0.1, 0.15) is 16.4 Å². The largest absolute Gasteiger partial charge is 0.508 e. The maximum Gasteiger partial charge on any atom is 0.265 e. The number of anilines is 2. The molecule has 0 bridgehead atoms. The van der Waals surface area contributed by atoms with Crippen LogP contribution in [0, 0.1) is 0 Å². The van der Waals surface area contributed by atoms with Crippen LogP contribution in [0.1, 0.15) is 0 Å². The van der Waals surface area contributed by atoms with Crippen LogP contribution in [-0.2, 0) is 10.0 Å². The number of aromatic hydroxyl groups is 2. The van der Waals surface area contributed by atoms with E-state index in [0.29, 0.717) is 5.69 Å². The zero-order chi connectivity index (χ0) is 15.6. The molecule has 0 saturated heterocycles. The third kappa shape index (κ3) is 3.38. The predicted molar refractivity (Wildman–Crippen MR) is 81.3 cm³/mol. The normalized spacial score (nSPS) is 11.1. The minimum atomic E-state index is -3.97. The van der Waals surface area contributed by atoms with Crippen molar-refractivity contribution in [3.8, 4) is 11.5 Å². The fourth-order valence-electron chi connectivity index (χ4n) is 1.76. The van der Waals surface area contributed by atoms with Crippen LogP contribution in [0.15, 0.2) is 47.4 Å². The minimum absolute atomic E-state index is 0.240. The van der Waals surface area contributed by atoms with Crippen LogP contribution in [0.5, 0.6) is 11.5 Å². The molecule has 0 amide bonds. The SMILES string of the molecule is CN(C)c1ccc(NS(=O)(=O)c2cc(O)ccc2O)cc1. The van der Waals surface area contributed by atoms with Gasteiger partial charge in [-0.1, -0.05) is 0 Å². The molecule has 2 rings (SSSR count). The maximum atomic E-state index is 12.2. The molecule has 0 aliphatic carbocycles. The van der Waals surface area contributed by atoms with Crippen molar-refractivity contribution in [2.75, 3.05) is 23.7 Å². The van der Waals surface area contributed by atoms with Gasteiger partial charge in [0.2, 0.25) is 0 Å². The van der Waals surface area contributed by atoms with Crippen molar-refractivity contribution in [2.45, 2.75) is 4.90 Å². The highest BCUT2D eigenvalue weighted by Gasteiger charge is 2.19. The van der Waals surface area contributed by atoms with E-state index >= 15 is 0 Å². The smallest absolute Gasteiger partial charge is 0.265 e. The molecule has 0 heterocycles. The monoisotopic (exact) mass is 308 g/mol. The second kappa shape index (κ2) is 5.53. The summed E-state index contributed by atoms with van der Waals surface area (Å²) in [5.41, 5.74) is 1.29. The Morgan fingerprint density at radius 2 is 1.62 bits per heavy atom. The van der Waals surface area contributed by atoms with Crippen LogP contribution in [0.4, 0.5) is 11.4 Å². The van der Waals surface area contributed by atoms with Gasteiger partial charge < -0.3 is 15.1 Å². The summed E-state index contributed by atoms with van der Waals surface area (Å²) in [7, 11) is -0.215. The second-order valence-electron chi connectivity index (χ2n) is 4.70. The van der Waals surface area contributed by atoms with Crippen molar-refractivity contribution in [2.24, 2.45) is 0 Å². The van der Waals surface area contributed by atoms with E-state index in [1.165, 1.54) is 6.07 Å². The van der Waals surface area contributed by atoms with Gasteiger partial charge in [-0.05, 0) is 36.4 Å². The summed E-state index contributed by atoms with van der Waals surface area (Å²) < 4.78 is 26.8. The van der Waals surface area contributed by atoms with Crippen LogP contribution >= 0.6 is 0 Å². The van der Waals surface area contributed by atoms with Gasteiger partial charge in [-0.15, -0.1) is 0 Å². The molecule has 6 nitrogen and oxygen atoms in total. The first kappa shape index (κ1) is 15.0. The zero-order valence-electron chi connectivity index (χ0n) is 11.6. The number of benzene rings is 2. The predicted octanol–water partition coefficient (Wildman–Crippen LogP) is 1.96. The van der Waals surface area contributed by atoms with E-state index < -0.39 is 15.8 Å². The van der Waals surface area contributed by atoms with Crippen LogP contribution in [-0.4, -0.2) is 32.7 Å². The molecule has 2 aromatic rings. The van der Waals surface area contributed by atoms with E-state index in [2.05, 4.69) is 4.72 Å². The average Bonchev–Trinajstić information content (AvgIpc) is 2.41. The molecule has 0 spiro atoms. The number of nitrogens with zero attached hydrogens (tertiary/aromatic N) is 1. The summed E-state index contributed by atoms with van der Waals surface area (Å²) in [6.07, 6.45) is 0. The lowest BCUT2D eigenvalue weighted by Crippen LogP contribution is -2.13. The molecule has 0 atom stereocenters. The molecular formula is C14H16N2O4S. The summed E-state index contributed by atoms with van der Waals surface area (Å²) in [5.74, 6) is -0.665. The second-order valence-corrected chi connectivity index (χ2v) is 6.35. The first-order valence-electron chi connectivity index (χ1n) is 6.12. The van der Waals surface area contributed by atoms with Gasteiger partial charge in [0.05, 0.1) is 0 Å². The van der Waals surface area contributed by atoms with Crippen molar-refractivity contribution in [1.29, 1.82) is 0 Å². The van der Waals surface area contributed by atoms with Crippen molar-refractivity contribution in [1.82, 2.24) is 0 Å². The van der Waals surface area contributed by atoms with E-state index in [1.807, 2.05) is 19.0 Å². The molecule has 0 unspecified atom stereocenters. The lowest BCUT2D eigenvalue weighted by Gasteiger charge is -2.14. The molecule has 0 fully saturated rings. The van der Waals surface area contributed by atoms with Gasteiger partial charge in [0.15, 0.2) is 0 Å². The van der Waals surface area contributed by atoms with Crippen molar-refractivity contribution in [3.63, 3.8) is 0 Å². The highest BCUT2D eigenvalue weighted by molar-refractivity contribution is 7.92. The first-order chi connectivity index (χ1) is 9.79. The number of hydrogen-bond donors (Lipinski definition) is 3. The quantitative estimate of drug-likeness (QED) is 0.751. The van der Waals surface area contributed by atoms with E-state index in [0.717, 1.165) is 17.8 Å². The Balaban J connectivity index is 2.31. The first-order valence-corrected chi connectivity index (χ1v) is 7.60. The van der Waals surface area contributed by atoms with E-state index in [9.17, 15) is 18.6 Å². The van der Waals surface area contributed by atoms with Crippen LogP contribution < -0.4 is 9.62 Å². The Kier molecular flexibility index (Phi) is 3.95. The van der Waals surface area contributed by atoms with Crippen LogP contribution in [0.3, 0.4) is 0 Å². The topological polar surface area (TPSA) is 89.9 Å². The third-order valence-electron chi connectivity index (χ3n) is 2.87. The molecular weight excluding hydrogens is 292 g/mol. The lowest BCUT2D eigenvalue weighted by atomic mass is 10.3. The Morgan fingerprint density at radius 1 is 1.00 bits per heavy atom. The molecule has 112 valence electrons. The summed E-state index contributed by atoms with van der Waals surface area (Å²) in [5, 5.41) is 19.0. The molecule has 0 aromatic heterocycles. The molecule has 2 aromatic carbocycles. The van der Waals surface area contributed by atoms with Gasteiger partial charge in [-0.2, -0.15) is 0 Å². The molecule has 0 saturated carbocycles. The zero-order valence-corrected chi connectivity index (χ0v) is 12.4. The van der Waals surface area contributed by atoms with Crippen molar-refractivity contribution >= 4 is 21.4 Å². The fourth-order valence-corrected chi connectivity index (χ4v) is 2.93. The third-order valence-corrected chi connectivity index (χ3v) is 4.28. The molecule has 21 heavy (non-hydrogen) atoms. The summed E-state index contributed by atoms with van der Waals surface area (Å²) in [4.78, 5) is 1.51. The van der Waals surface area contributed by atoms with Gasteiger partial charge in [-0.3, -0.25) is 4.72 Å². The fraction of sp³-hybridized carbons (Fsp3) is 0.143. The minimum Gasteiger partial charge on any atom is -0.508 e. The number of sulfonamides is 1. The van der Waals surface area contributed by atoms with Crippen molar-refractivity contribution < 1.29 is 18.6 Å². The Morgan fingerprint density at radius 3 is 2.19 bits per heavy atom. The molecule has 7 heteroatoms. The number of phenolic OH excluding ortho intramolecular Hbond substituents is 2. The van der Waals surface area contributed by atoms with Crippen LogP contribution in [0.2, 0.25) is 0 Å². The lowest BCUT2D eigenvalue weighted by molar-refractivity contribution is 0.445. The van der Waals surface area contributed by atoms with Gasteiger partial charge >= 0.3 is 0 Å². The number of rotatable bonds is 4. The maximum absolute atomic E-state index is 12.2. The van der Waals surface area contributed by atoms with Gasteiger partial charge in [0.25, 0.3) is 10.0 Å². The summed E-state index contributed by atoms with van der Waals surface area (Å²) >= 11 is 0. The standard InChI is InChI=1S/C14H16N2O4S/c1-16(2)11-5-3-10(4-6-11)15-21(19,20)14-9-12(17)7-8-13(14)18/h3-9,15,17-18H,1-2H3. The Hall–Kier alpha value is -2.41. The summed E-state index contributed by atoms with van der Waals surface area (Å²) in [6, 6.07) is 10.1. The summed E-state index contributed by atoms with van der Waals surface area (Å²) in [6.45, 7) is 0. The molecule has 0 aliphatic heterocycles. The van der Waals surface area contributed by atoms with Gasteiger partial charge in [0, 0.05) is 31.5 Å². The van der Waals surface area contributed by atoms with E-state index in [-0.39, 0.29) is 10.6 Å². The Bertz CT molecular complexity index is 740. The molecule has 3 N–H and O–H groups in total. The van der Waals surface area contributed by atoms with Crippen LogP contribution in [0.25, 0.3) is 0 Å². The average molecular weight is 308 g/mol. The Labute approximate surface area is 123 Å². The van der Waals surface area contributed by atoms with Crippen molar-refractivity contribution in [3.05, 3.63) is 42.5 Å². The number of nitrogens with one attached hydrogen (secondary N) is 1. The number of phenols is 2. The highest BCUT2D eigenvalue weighted by Crippen LogP contribution is 2.28. The highest BCUT2D eigenvalue weighted by atomic mass is 32.2.